The van der Waals surface area contributed by atoms with Crippen molar-refractivity contribution in [3.05, 3.63) is 29.3 Å². The summed E-state index contributed by atoms with van der Waals surface area (Å²) in [5.74, 6) is -0.855. The van der Waals surface area contributed by atoms with Crippen LogP contribution in [0.15, 0.2) is 18.2 Å². The maximum Gasteiger partial charge on any atom is 0.416 e. The van der Waals surface area contributed by atoms with Gasteiger partial charge in [0.25, 0.3) is 0 Å². The number of benzene rings is 1. The highest BCUT2D eigenvalue weighted by Gasteiger charge is 2.50. The van der Waals surface area contributed by atoms with Crippen LogP contribution in [-0.2, 0) is 17.1 Å². The quantitative estimate of drug-likeness (QED) is 0.512. The van der Waals surface area contributed by atoms with E-state index < -0.39 is 45.3 Å². The molecule has 128 valence electrons. The predicted octanol–water partition coefficient (Wildman–Crippen LogP) is 4.68. The third kappa shape index (κ3) is 3.38. The second-order valence-corrected chi connectivity index (χ2v) is 6.53. The summed E-state index contributed by atoms with van der Waals surface area (Å²) in [6.45, 7) is 0.964. The first-order chi connectivity index (χ1) is 10.2. The highest BCUT2D eigenvalue weighted by atomic mass is 35.5. The maximum atomic E-state index is 12.8. The minimum absolute atomic E-state index is 0.0118. The van der Waals surface area contributed by atoms with Crippen molar-refractivity contribution in [2.45, 2.75) is 29.5 Å². The number of nitrogens with zero attached hydrogens (tertiary/aromatic N) is 1. The molecule has 0 aliphatic carbocycles. The van der Waals surface area contributed by atoms with Crippen LogP contribution in [0, 0.1) is 0 Å². The molecule has 1 aliphatic heterocycles. The highest BCUT2D eigenvalue weighted by molar-refractivity contribution is 6.44. The molecule has 2 nitrogen and oxygen atoms in total. The number of alkyl halides is 8. The summed E-state index contributed by atoms with van der Waals surface area (Å²) in [7, 11) is 0. The fourth-order valence-electron chi connectivity index (χ4n) is 2.13. The van der Waals surface area contributed by atoms with Crippen molar-refractivity contribution in [3.63, 3.8) is 0 Å². The van der Waals surface area contributed by atoms with Crippen LogP contribution >= 0.6 is 23.2 Å². The molecule has 0 radical (unpaired) electrons. The van der Waals surface area contributed by atoms with Gasteiger partial charge >= 0.3 is 12.4 Å². The van der Waals surface area contributed by atoms with Gasteiger partial charge in [0, 0.05) is 12.2 Å². The molecule has 1 heterocycles. The molecule has 0 saturated carbocycles. The van der Waals surface area contributed by atoms with Crippen molar-refractivity contribution in [2.24, 2.45) is 0 Å². The zero-order valence-corrected chi connectivity index (χ0v) is 12.9. The first-order valence-electron chi connectivity index (χ1n) is 6.19. The van der Waals surface area contributed by atoms with E-state index in [0.717, 1.165) is 4.90 Å². The van der Waals surface area contributed by atoms with Crippen LogP contribution in [0.5, 0.6) is 0 Å². The molecule has 1 saturated heterocycles. The van der Waals surface area contributed by atoms with Crippen molar-refractivity contribution in [3.8, 4) is 0 Å². The largest absolute Gasteiger partial charge is 0.416 e. The smallest absolute Gasteiger partial charge is 0.309 e. The topological polar surface area (TPSA) is 20.3 Å². The zero-order chi connectivity index (χ0) is 17.8. The van der Waals surface area contributed by atoms with Gasteiger partial charge in [-0.1, -0.05) is 0 Å². The molecule has 2 rings (SSSR count). The molecule has 2 unspecified atom stereocenters. The molecular formula is C13H9Cl2F6NO. The fraction of sp³-hybridized carbons (Fsp3) is 0.462. The first kappa shape index (κ1) is 18.2. The molecule has 23 heavy (non-hydrogen) atoms. The average Bonchev–Trinajstić information content (AvgIpc) is 2.60. The Balaban J connectivity index is 2.57. The lowest BCUT2D eigenvalue weighted by atomic mass is 10.1. The molecule has 0 aromatic heterocycles. The number of anilines is 1. The van der Waals surface area contributed by atoms with E-state index in [0.29, 0.717) is 12.1 Å². The second-order valence-electron chi connectivity index (χ2n) is 5.22. The molecule has 0 bridgehead atoms. The number of carbonyl (C=O) groups is 1. The van der Waals surface area contributed by atoms with Crippen LogP contribution < -0.4 is 4.90 Å². The summed E-state index contributed by atoms with van der Waals surface area (Å²) in [6.07, 6.45) is -9.99. The number of carbonyl (C=O) groups excluding carboxylic acids is 1. The minimum Gasteiger partial charge on any atom is -0.309 e. The standard InChI is InChI=1S/C13H9Cl2F6NO/c1-11(15)9(14)5-22(10(11)23)8-3-6(12(16,17)18)2-7(4-8)13(19,20)21/h2-4,9H,5H2,1H3. The van der Waals surface area contributed by atoms with E-state index >= 15 is 0 Å². The predicted molar refractivity (Wildman–Crippen MR) is 72.7 cm³/mol. The number of rotatable bonds is 1. The van der Waals surface area contributed by atoms with Gasteiger partial charge in [-0.2, -0.15) is 26.3 Å². The average molecular weight is 380 g/mol. The summed E-state index contributed by atoms with van der Waals surface area (Å²) < 4.78 is 77.0. The van der Waals surface area contributed by atoms with Gasteiger partial charge in [-0.05, 0) is 25.1 Å². The molecule has 1 fully saturated rings. The van der Waals surface area contributed by atoms with Crippen LogP contribution in [0.25, 0.3) is 0 Å². The van der Waals surface area contributed by atoms with Crippen molar-refractivity contribution in [1.29, 1.82) is 0 Å². The summed E-state index contributed by atoms with van der Waals surface area (Å²) in [5, 5.41) is -0.958. The van der Waals surface area contributed by atoms with E-state index in [9.17, 15) is 31.1 Å². The van der Waals surface area contributed by atoms with Crippen molar-refractivity contribution < 1.29 is 31.1 Å². The third-order valence-corrected chi connectivity index (χ3v) is 4.59. The van der Waals surface area contributed by atoms with Crippen molar-refractivity contribution in [1.82, 2.24) is 0 Å². The third-order valence-electron chi connectivity index (χ3n) is 3.48. The van der Waals surface area contributed by atoms with E-state index in [4.69, 9.17) is 23.2 Å². The fourth-order valence-corrected chi connectivity index (χ4v) is 2.53. The minimum atomic E-state index is -5.00. The molecule has 1 aromatic rings. The van der Waals surface area contributed by atoms with Crippen molar-refractivity contribution >= 4 is 34.8 Å². The number of hydrogen-bond donors (Lipinski definition) is 0. The molecule has 1 aromatic carbocycles. The van der Waals surface area contributed by atoms with Crippen LogP contribution in [0.4, 0.5) is 32.0 Å². The molecule has 2 atom stereocenters. The van der Waals surface area contributed by atoms with E-state index in [2.05, 4.69) is 0 Å². The molecule has 10 heteroatoms. The molecule has 0 N–H and O–H groups in total. The Morgan fingerprint density at radius 2 is 1.52 bits per heavy atom. The van der Waals surface area contributed by atoms with E-state index in [1.54, 1.807) is 0 Å². The van der Waals surface area contributed by atoms with Crippen LogP contribution in [0.1, 0.15) is 18.1 Å². The van der Waals surface area contributed by atoms with Crippen molar-refractivity contribution in [2.75, 3.05) is 11.4 Å². The maximum absolute atomic E-state index is 12.8. The van der Waals surface area contributed by atoms with Gasteiger partial charge in [-0.25, -0.2) is 0 Å². The van der Waals surface area contributed by atoms with Gasteiger partial charge in [-0.15, -0.1) is 23.2 Å². The Hall–Kier alpha value is -1.15. The Bertz CT molecular complexity index is 608. The van der Waals surface area contributed by atoms with Gasteiger partial charge in [0.15, 0.2) is 0 Å². The van der Waals surface area contributed by atoms with Gasteiger partial charge in [0.05, 0.1) is 16.5 Å². The lowest BCUT2D eigenvalue weighted by Gasteiger charge is -2.21. The second kappa shape index (κ2) is 5.44. The Morgan fingerprint density at radius 3 is 1.83 bits per heavy atom. The van der Waals surface area contributed by atoms with Crippen LogP contribution in [0.2, 0.25) is 0 Å². The SMILES string of the molecule is CC1(Cl)C(=O)N(c2cc(C(F)(F)F)cc(C(F)(F)F)c2)CC1Cl. The monoisotopic (exact) mass is 379 g/mol. The van der Waals surface area contributed by atoms with E-state index in [1.807, 2.05) is 0 Å². The summed E-state index contributed by atoms with van der Waals surface area (Å²) >= 11 is 11.8. The van der Waals surface area contributed by atoms with Crippen LogP contribution in [-0.4, -0.2) is 22.7 Å². The van der Waals surface area contributed by atoms with Gasteiger partial charge < -0.3 is 4.90 Å². The summed E-state index contributed by atoms with van der Waals surface area (Å²) in [5.41, 5.74) is -3.57. The number of halogens is 8. The van der Waals surface area contributed by atoms with E-state index in [1.165, 1.54) is 6.92 Å². The Morgan fingerprint density at radius 1 is 1.09 bits per heavy atom. The number of hydrogen-bond acceptors (Lipinski definition) is 1. The summed E-state index contributed by atoms with van der Waals surface area (Å²) in [6, 6.07) is 0.923. The molecular weight excluding hydrogens is 371 g/mol. The molecule has 1 aliphatic rings. The lowest BCUT2D eigenvalue weighted by molar-refractivity contribution is -0.143. The van der Waals surface area contributed by atoms with E-state index in [-0.39, 0.29) is 12.6 Å². The molecule has 0 spiro atoms. The van der Waals surface area contributed by atoms with Gasteiger partial charge in [0.1, 0.15) is 4.87 Å². The van der Waals surface area contributed by atoms with Gasteiger partial charge in [-0.3, -0.25) is 4.79 Å². The molecule has 1 amide bonds. The first-order valence-corrected chi connectivity index (χ1v) is 7.00. The summed E-state index contributed by atoms with van der Waals surface area (Å²) in [4.78, 5) is 11.2. The van der Waals surface area contributed by atoms with Crippen LogP contribution in [0.3, 0.4) is 0 Å². The normalized spacial score (nSPS) is 26.0. The number of amides is 1. The van der Waals surface area contributed by atoms with Gasteiger partial charge in [0.2, 0.25) is 5.91 Å². The Labute approximate surface area is 137 Å². The lowest BCUT2D eigenvalue weighted by Crippen LogP contribution is -2.35. The highest BCUT2D eigenvalue weighted by Crippen LogP contribution is 2.41. The zero-order valence-electron chi connectivity index (χ0n) is 11.4. The Kier molecular flexibility index (Phi) is 4.31.